The molecule has 1 fully saturated rings. The van der Waals surface area contributed by atoms with Crippen molar-refractivity contribution >= 4 is 38.9 Å². The average molecular weight is 324 g/mol. The Hall–Kier alpha value is -0.630. The van der Waals surface area contributed by atoms with Gasteiger partial charge in [0.1, 0.15) is 10.8 Å². The first-order valence-electron chi connectivity index (χ1n) is 5.90. The second-order valence-electron chi connectivity index (χ2n) is 4.30. The lowest BCUT2D eigenvalue weighted by molar-refractivity contribution is -0.125. The largest absolute Gasteiger partial charge is 0.368 e. The topological polar surface area (TPSA) is 72.5 Å². The summed E-state index contributed by atoms with van der Waals surface area (Å²) in [7, 11) is -3.83. The summed E-state index contributed by atoms with van der Waals surface area (Å²) in [5.74, 6) is -0.656. The highest BCUT2D eigenvalue weighted by molar-refractivity contribution is 7.92. The molecular formula is C11H14ClNO4S2. The van der Waals surface area contributed by atoms with Gasteiger partial charge in [0.25, 0.3) is 15.9 Å². The van der Waals surface area contributed by atoms with Crippen molar-refractivity contribution in [2.75, 3.05) is 6.61 Å². The van der Waals surface area contributed by atoms with E-state index in [1.54, 1.807) is 0 Å². The molecule has 1 aromatic heterocycles. The van der Waals surface area contributed by atoms with Crippen molar-refractivity contribution in [2.45, 2.75) is 36.0 Å². The summed E-state index contributed by atoms with van der Waals surface area (Å²) in [6.07, 6.45) is 4.13. The third-order valence-electron chi connectivity index (χ3n) is 2.81. The highest BCUT2D eigenvalue weighted by Crippen LogP contribution is 2.25. The number of ether oxygens (including phenoxy) is 1. The molecule has 1 amide bonds. The molecule has 1 N–H and O–H groups in total. The van der Waals surface area contributed by atoms with Gasteiger partial charge >= 0.3 is 0 Å². The molecule has 0 spiro atoms. The molecule has 0 radical (unpaired) electrons. The Morgan fingerprint density at radius 1 is 1.42 bits per heavy atom. The molecule has 0 saturated heterocycles. The summed E-state index contributed by atoms with van der Waals surface area (Å²) in [6, 6.07) is 2.83. The molecule has 0 atom stereocenters. The van der Waals surface area contributed by atoms with Gasteiger partial charge in [-0.1, -0.05) is 24.4 Å². The number of sulfonamides is 1. The first-order valence-corrected chi connectivity index (χ1v) is 8.58. The Kier molecular flexibility index (Phi) is 4.83. The Bertz CT molecular complexity index is 549. The lowest BCUT2D eigenvalue weighted by Crippen LogP contribution is -2.34. The Morgan fingerprint density at radius 3 is 2.68 bits per heavy atom. The van der Waals surface area contributed by atoms with Gasteiger partial charge in [0, 0.05) is 0 Å². The summed E-state index contributed by atoms with van der Waals surface area (Å²) in [5, 5.41) is 0. The Balaban J connectivity index is 1.87. The number of carbonyl (C=O) groups is 1. The molecule has 8 heteroatoms. The molecule has 2 rings (SSSR count). The third kappa shape index (κ3) is 4.17. The molecule has 0 aliphatic heterocycles. The van der Waals surface area contributed by atoms with E-state index < -0.39 is 15.9 Å². The van der Waals surface area contributed by atoms with E-state index in [9.17, 15) is 13.2 Å². The molecule has 1 aliphatic rings. The van der Waals surface area contributed by atoms with Crippen molar-refractivity contribution in [3.05, 3.63) is 16.5 Å². The van der Waals surface area contributed by atoms with Crippen LogP contribution in [0.2, 0.25) is 4.34 Å². The lowest BCUT2D eigenvalue weighted by Gasteiger charge is -2.10. The SMILES string of the molecule is O=C(COC1CCCC1)NS(=O)(=O)c1ccc(Cl)s1. The minimum atomic E-state index is -3.83. The van der Waals surface area contributed by atoms with Crippen LogP contribution in [0.1, 0.15) is 25.7 Å². The molecule has 106 valence electrons. The van der Waals surface area contributed by atoms with Crippen molar-refractivity contribution in [3.8, 4) is 0 Å². The summed E-state index contributed by atoms with van der Waals surface area (Å²) in [4.78, 5) is 11.6. The number of hydrogen-bond acceptors (Lipinski definition) is 5. The number of carbonyl (C=O) groups excluding carboxylic acids is 1. The summed E-state index contributed by atoms with van der Waals surface area (Å²) in [5.41, 5.74) is 0. The van der Waals surface area contributed by atoms with Gasteiger partial charge < -0.3 is 4.74 Å². The molecule has 19 heavy (non-hydrogen) atoms. The molecule has 0 aromatic carbocycles. The van der Waals surface area contributed by atoms with Crippen LogP contribution in [0.15, 0.2) is 16.3 Å². The van der Waals surface area contributed by atoms with Gasteiger partial charge in [0.2, 0.25) is 0 Å². The number of hydrogen-bond donors (Lipinski definition) is 1. The Morgan fingerprint density at radius 2 is 2.11 bits per heavy atom. The van der Waals surface area contributed by atoms with Crippen LogP contribution in [0.4, 0.5) is 0 Å². The van der Waals surface area contributed by atoms with E-state index in [-0.39, 0.29) is 16.9 Å². The van der Waals surface area contributed by atoms with Crippen LogP contribution in [0, 0.1) is 0 Å². The predicted octanol–water partition coefficient (Wildman–Crippen LogP) is 2.17. The van der Waals surface area contributed by atoms with Gasteiger partial charge in [-0.05, 0) is 25.0 Å². The van der Waals surface area contributed by atoms with E-state index in [1.807, 2.05) is 4.72 Å². The zero-order chi connectivity index (χ0) is 13.9. The van der Waals surface area contributed by atoms with E-state index in [2.05, 4.69) is 0 Å². The van der Waals surface area contributed by atoms with Gasteiger partial charge in [-0.25, -0.2) is 13.1 Å². The van der Waals surface area contributed by atoms with Gasteiger partial charge in [-0.3, -0.25) is 4.79 Å². The van der Waals surface area contributed by atoms with Crippen molar-refractivity contribution in [2.24, 2.45) is 0 Å². The molecule has 1 saturated carbocycles. The maximum absolute atomic E-state index is 11.8. The summed E-state index contributed by atoms with van der Waals surface area (Å²) >= 11 is 6.57. The van der Waals surface area contributed by atoms with E-state index in [0.29, 0.717) is 4.34 Å². The number of halogens is 1. The average Bonchev–Trinajstić information content (AvgIpc) is 2.96. The highest BCUT2D eigenvalue weighted by atomic mass is 35.5. The van der Waals surface area contributed by atoms with Gasteiger partial charge in [-0.15, -0.1) is 11.3 Å². The van der Waals surface area contributed by atoms with Crippen molar-refractivity contribution in [1.29, 1.82) is 0 Å². The maximum atomic E-state index is 11.8. The fraction of sp³-hybridized carbons (Fsp3) is 0.545. The van der Waals surface area contributed by atoms with Gasteiger partial charge in [0.15, 0.2) is 0 Å². The fourth-order valence-corrected chi connectivity index (χ4v) is 4.37. The van der Waals surface area contributed by atoms with Crippen LogP contribution >= 0.6 is 22.9 Å². The van der Waals surface area contributed by atoms with Crippen LogP contribution in [-0.2, 0) is 19.6 Å². The summed E-state index contributed by atoms with van der Waals surface area (Å²) < 4.78 is 31.3. The second kappa shape index (κ2) is 6.21. The molecule has 5 nitrogen and oxygen atoms in total. The van der Waals surface area contributed by atoms with Crippen LogP contribution < -0.4 is 4.72 Å². The first-order chi connectivity index (χ1) is 8.97. The molecule has 1 aromatic rings. The van der Waals surface area contributed by atoms with Gasteiger partial charge in [-0.2, -0.15) is 0 Å². The predicted molar refractivity (Wildman–Crippen MR) is 72.9 cm³/mol. The van der Waals surface area contributed by atoms with Crippen molar-refractivity contribution in [3.63, 3.8) is 0 Å². The molecule has 0 unspecified atom stereocenters. The third-order valence-corrected chi connectivity index (χ3v) is 5.91. The second-order valence-corrected chi connectivity index (χ2v) is 7.93. The van der Waals surface area contributed by atoms with Crippen LogP contribution in [-0.4, -0.2) is 27.0 Å². The number of thiophene rings is 1. The molecule has 1 heterocycles. The molecular weight excluding hydrogens is 310 g/mol. The molecule has 1 aliphatic carbocycles. The van der Waals surface area contributed by atoms with E-state index in [0.717, 1.165) is 37.0 Å². The minimum absolute atomic E-state index is 0.0201. The van der Waals surface area contributed by atoms with Crippen LogP contribution in [0.3, 0.4) is 0 Å². The Labute approximate surface area is 121 Å². The van der Waals surface area contributed by atoms with E-state index in [4.69, 9.17) is 16.3 Å². The fourth-order valence-electron chi connectivity index (χ4n) is 1.92. The van der Waals surface area contributed by atoms with Crippen molar-refractivity contribution in [1.82, 2.24) is 4.72 Å². The first kappa shape index (κ1) is 14.8. The number of amides is 1. The zero-order valence-corrected chi connectivity index (χ0v) is 12.5. The quantitative estimate of drug-likeness (QED) is 0.901. The standard InChI is InChI=1S/C11H14ClNO4S2/c12-9-5-6-11(18-9)19(15,16)13-10(14)7-17-8-3-1-2-4-8/h5-6,8H,1-4,7H2,(H,13,14). The smallest absolute Gasteiger partial charge is 0.273 e. The molecule has 0 bridgehead atoms. The maximum Gasteiger partial charge on any atom is 0.273 e. The normalized spacial score (nSPS) is 16.7. The van der Waals surface area contributed by atoms with E-state index in [1.165, 1.54) is 12.1 Å². The van der Waals surface area contributed by atoms with Crippen molar-refractivity contribution < 1.29 is 17.9 Å². The highest BCUT2D eigenvalue weighted by Gasteiger charge is 2.21. The zero-order valence-electron chi connectivity index (χ0n) is 10.1. The van der Waals surface area contributed by atoms with Crippen LogP contribution in [0.25, 0.3) is 0 Å². The monoisotopic (exact) mass is 323 g/mol. The van der Waals surface area contributed by atoms with Crippen LogP contribution in [0.5, 0.6) is 0 Å². The lowest BCUT2D eigenvalue weighted by atomic mass is 10.3. The van der Waals surface area contributed by atoms with E-state index >= 15 is 0 Å². The number of nitrogens with one attached hydrogen (secondary N) is 1. The van der Waals surface area contributed by atoms with Gasteiger partial charge in [0.05, 0.1) is 10.4 Å². The minimum Gasteiger partial charge on any atom is -0.368 e. The number of rotatable bonds is 5. The summed E-state index contributed by atoms with van der Waals surface area (Å²) in [6.45, 7) is -0.233.